The molecule has 0 saturated carbocycles. The fourth-order valence-electron chi connectivity index (χ4n) is 2.65. The first-order valence-corrected chi connectivity index (χ1v) is 10.2. The number of ether oxygens (including phenoxy) is 1. The van der Waals surface area contributed by atoms with Crippen molar-refractivity contribution in [2.24, 2.45) is 0 Å². The molecule has 0 amide bonds. The number of sulfonamides is 1. The van der Waals surface area contributed by atoms with Crippen LogP contribution < -0.4 is 9.46 Å². The van der Waals surface area contributed by atoms with Crippen LogP contribution in [0.3, 0.4) is 0 Å². The Morgan fingerprint density at radius 2 is 1.59 bits per heavy atom. The maximum absolute atomic E-state index is 12.6. The average molecular weight is 458 g/mol. The summed E-state index contributed by atoms with van der Waals surface area (Å²) in [5, 5.41) is 29.4. The molecule has 3 aromatic rings. The van der Waals surface area contributed by atoms with Crippen molar-refractivity contribution in [3.8, 4) is 11.5 Å². The lowest BCUT2D eigenvalue weighted by Gasteiger charge is -2.13. The first kappa shape index (κ1) is 22.2. The molecule has 3 aromatic carbocycles. The quantitative estimate of drug-likeness (QED) is 0.337. The van der Waals surface area contributed by atoms with E-state index in [2.05, 4.69) is 4.72 Å². The van der Waals surface area contributed by atoms with Crippen molar-refractivity contribution in [2.45, 2.75) is 4.90 Å². The highest BCUT2D eigenvalue weighted by molar-refractivity contribution is 7.92. The van der Waals surface area contributed by atoms with Crippen LogP contribution in [0.2, 0.25) is 0 Å². The Hall–Kier alpha value is -4.45. The molecule has 0 heterocycles. The summed E-state index contributed by atoms with van der Waals surface area (Å²) in [5.74, 6) is -2.49. The van der Waals surface area contributed by atoms with E-state index in [9.17, 15) is 33.2 Å². The monoisotopic (exact) mass is 458 g/mol. The molecule has 0 fully saturated rings. The number of nitro benzene ring substituents is 1. The lowest BCUT2D eigenvalue weighted by molar-refractivity contribution is -0.385. The van der Waals surface area contributed by atoms with Gasteiger partial charge in [0.1, 0.15) is 11.5 Å². The van der Waals surface area contributed by atoms with Gasteiger partial charge in [-0.1, -0.05) is 12.1 Å². The van der Waals surface area contributed by atoms with Gasteiger partial charge in [-0.05, 0) is 42.5 Å². The summed E-state index contributed by atoms with van der Waals surface area (Å²) in [7, 11) is -4.34. The van der Waals surface area contributed by atoms with Gasteiger partial charge >= 0.3 is 11.9 Å². The number of anilines is 1. The molecule has 11 nitrogen and oxygen atoms in total. The molecular weight excluding hydrogens is 444 g/mol. The number of carboxylic acid groups (broad SMARTS) is 2. The first-order chi connectivity index (χ1) is 15.1. The Morgan fingerprint density at radius 1 is 0.906 bits per heavy atom. The Labute approximate surface area is 180 Å². The number of carboxylic acids is 2. The molecule has 0 radical (unpaired) electrons. The number of nitrogens with one attached hydrogen (secondary N) is 1. The minimum absolute atomic E-state index is 0.0169. The van der Waals surface area contributed by atoms with Gasteiger partial charge in [-0.3, -0.25) is 14.8 Å². The first-order valence-electron chi connectivity index (χ1n) is 8.72. The number of aromatic carboxylic acids is 2. The van der Waals surface area contributed by atoms with E-state index in [1.54, 1.807) is 0 Å². The Bertz CT molecular complexity index is 1340. The maximum Gasteiger partial charge on any atom is 0.337 e. The van der Waals surface area contributed by atoms with Crippen LogP contribution in [0.5, 0.6) is 11.5 Å². The molecule has 164 valence electrons. The highest BCUT2D eigenvalue weighted by Crippen LogP contribution is 2.29. The predicted octanol–water partition coefficient (Wildman–Crippen LogP) is 3.58. The van der Waals surface area contributed by atoms with E-state index in [1.807, 2.05) is 0 Å². The minimum Gasteiger partial charge on any atom is -0.478 e. The van der Waals surface area contributed by atoms with Crippen LogP contribution in [0.4, 0.5) is 11.4 Å². The smallest absolute Gasteiger partial charge is 0.337 e. The van der Waals surface area contributed by atoms with Crippen LogP contribution >= 0.6 is 0 Å². The highest BCUT2D eigenvalue weighted by Gasteiger charge is 2.21. The van der Waals surface area contributed by atoms with E-state index >= 15 is 0 Å². The summed E-state index contributed by atoms with van der Waals surface area (Å²) >= 11 is 0. The summed E-state index contributed by atoms with van der Waals surface area (Å²) in [5.41, 5.74) is -1.23. The van der Waals surface area contributed by atoms with Crippen LogP contribution in [0.1, 0.15) is 20.7 Å². The third-order valence-corrected chi connectivity index (χ3v) is 5.48. The fourth-order valence-corrected chi connectivity index (χ4v) is 3.77. The standard InChI is InChI=1S/C20H14N2O9S/c23-19(24)12-3-1-5-14(9-12)31-15-7-8-18(17(11-15)20(25)26)21-32(29,30)16-6-2-4-13(10-16)22(27)28/h1-11,21H,(H,23,24)(H,25,26). The molecule has 3 rings (SSSR count). The van der Waals surface area contributed by atoms with Gasteiger partial charge in [0.2, 0.25) is 0 Å². The van der Waals surface area contributed by atoms with Crippen molar-refractivity contribution in [3.63, 3.8) is 0 Å². The molecule has 0 atom stereocenters. The third-order valence-electron chi connectivity index (χ3n) is 4.12. The molecule has 3 N–H and O–H groups in total. The summed E-state index contributed by atoms with van der Waals surface area (Å²) in [6.07, 6.45) is 0. The number of nitrogens with zero attached hydrogens (tertiary/aromatic N) is 1. The molecule has 0 unspecified atom stereocenters. The number of rotatable bonds is 8. The largest absolute Gasteiger partial charge is 0.478 e. The topological polar surface area (TPSA) is 173 Å². The van der Waals surface area contributed by atoms with Crippen molar-refractivity contribution >= 4 is 33.3 Å². The molecule has 0 aromatic heterocycles. The van der Waals surface area contributed by atoms with Gasteiger partial charge in [0.25, 0.3) is 15.7 Å². The summed E-state index contributed by atoms with van der Waals surface area (Å²) in [6.45, 7) is 0. The summed E-state index contributed by atoms with van der Waals surface area (Å²) in [6, 6.07) is 13.3. The van der Waals surface area contributed by atoms with Gasteiger partial charge < -0.3 is 14.9 Å². The van der Waals surface area contributed by atoms with E-state index in [4.69, 9.17) is 9.84 Å². The second-order valence-corrected chi connectivity index (χ2v) is 7.99. The van der Waals surface area contributed by atoms with Crippen LogP contribution in [0.15, 0.2) is 71.6 Å². The normalized spacial score (nSPS) is 10.9. The fraction of sp³-hybridized carbons (Fsp3) is 0. The van der Waals surface area contributed by atoms with Gasteiger partial charge in [0, 0.05) is 12.1 Å². The molecule has 0 aliphatic carbocycles. The van der Waals surface area contributed by atoms with Crippen LogP contribution in [-0.4, -0.2) is 35.5 Å². The molecular formula is C20H14N2O9S. The van der Waals surface area contributed by atoms with Crippen molar-refractivity contribution in [1.82, 2.24) is 0 Å². The van der Waals surface area contributed by atoms with E-state index in [0.29, 0.717) is 0 Å². The minimum atomic E-state index is -4.34. The highest BCUT2D eigenvalue weighted by atomic mass is 32.2. The summed E-state index contributed by atoms with van der Waals surface area (Å²) in [4.78, 5) is 32.5. The number of hydrogen-bond donors (Lipinski definition) is 3. The van der Waals surface area contributed by atoms with E-state index < -0.39 is 43.0 Å². The van der Waals surface area contributed by atoms with E-state index in [1.165, 1.54) is 36.4 Å². The van der Waals surface area contributed by atoms with Crippen molar-refractivity contribution < 1.29 is 37.9 Å². The number of benzene rings is 3. The van der Waals surface area contributed by atoms with Gasteiger partial charge in [0.05, 0.1) is 26.6 Å². The van der Waals surface area contributed by atoms with Crippen LogP contribution in [0, 0.1) is 10.1 Å². The Kier molecular flexibility index (Phi) is 6.07. The molecule has 0 bridgehead atoms. The van der Waals surface area contributed by atoms with Crippen LogP contribution in [0.25, 0.3) is 0 Å². The molecule has 0 aliphatic rings. The lowest BCUT2D eigenvalue weighted by atomic mass is 10.1. The second kappa shape index (κ2) is 8.73. The van der Waals surface area contributed by atoms with E-state index in [0.717, 1.165) is 30.3 Å². The maximum atomic E-state index is 12.6. The number of nitro groups is 1. The van der Waals surface area contributed by atoms with Crippen molar-refractivity contribution in [3.05, 3.63) is 88.0 Å². The molecule has 12 heteroatoms. The summed E-state index contributed by atoms with van der Waals surface area (Å²) < 4.78 is 32.8. The number of non-ortho nitro benzene ring substituents is 1. The lowest BCUT2D eigenvalue weighted by Crippen LogP contribution is -2.15. The molecule has 0 aliphatic heterocycles. The molecule has 32 heavy (non-hydrogen) atoms. The Morgan fingerprint density at radius 3 is 2.25 bits per heavy atom. The number of carbonyl (C=O) groups is 2. The molecule has 0 spiro atoms. The van der Waals surface area contributed by atoms with E-state index in [-0.39, 0.29) is 22.7 Å². The zero-order valence-electron chi connectivity index (χ0n) is 16.0. The Balaban J connectivity index is 1.92. The SMILES string of the molecule is O=C(O)c1cccc(Oc2ccc(NS(=O)(=O)c3cccc([N+](=O)[O-])c3)c(C(=O)O)c2)c1. The van der Waals surface area contributed by atoms with Crippen molar-refractivity contribution in [2.75, 3.05) is 4.72 Å². The van der Waals surface area contributed by atoms with Gasteiger partial charge in [0.15, 0.2) is 0 Å². The van der Waals surface area contributed by atoms with Crippen molar-refractivity contribution in [1.29, 1.82) is 0 Å². The average Bonchev–Trinajstić information content (AvgIpc) is 2.74. The van der Waals surface area contributed by atoms with Crippen LogP contribution in [-0.2, 0) is 10.0 Å². The zero-order valence-corrected chi connectivity index (χ0v) is 16.8. The predicted molar refractivity (Wildman–Crippen MR) is 111 cm³/mol. The second-order valence-electron chi connectivity index (χ2n) is 6.31. The van der Waals surface area contributed by atoms with Gasteiger partial charge in [-0.15, -0.1) is 0 Å². The molecule has 0 saturated heterocycles. The zero-order chi connectivity index (χ0) is 23.5. The third kappa shape index (κ3) is 4.99. The van der Waals surface area contributed by atoms with Gasteiger partial charge in [-0.25, -0.2) is 18.0 Å². The van der Waals surface area contributed by atoms with Gasteiger partial charge in [-0.2, -0.15) is 0 Å². The number of hydrogen-bond acceptors (Lipinski definition) is 7.